The minimum atomic E-state index is -0.153. The van der Waals surface area contributed by atoms with Crippen molar-refractivity contribution in [2.45, 2.75) is 32.2 Å². The van der Waals surface area contributed by atoms with E-state index in [-0.39, 0.29) is 5.82 Å². The van der Waals surface area contributed by atoms with Crippen molar-refractivity contribution in [3.63, 3.8) is 0 Å². The first-order chi connectivity index (χ1) is 9.66. The molecule has 1 atom stereocenters. The highest BCUT2D eigenvalue weighted by Crippen LogP contribution is 2.17. The van der Waals surface area contributed by atoms with Crippen LogP contribution in [0, 0.1) is 5.82 Å². The molecule has 20 heavy (non-hydrogen) atoms. The molecule has 1 unspecified atom stereocenters. The van der Waals surface area contributed by atoms with Crippen LogP contribution in [0.4, 0.5) is 4.39 Å². The van der Waals surface area contributed by atoms with Crippen molar-refractivity contribution in [1.29, 1.82) is 0 Å². The molecule has 1 saturated heterocycles. The standard InChI is InChI=1S/C17H25FN2/c1-14(12-15-6-3-4-8-17(15)18)13-19-10-9-16-7-5-11-20(16)2/h3-4,6,8,12,16,19H,5,7,9-11,13H2,1-2H3/b14-12+. The molecular formula is C17H25FN2. The van der Waals surface area contributed by atoms with E-state index in [4.69, 9.17) is 0 Å². The summed E-state index contributed by atoms with van der Waals surface area (Å²) >= 11 is 0. The minimum Gasteiger partial charge on any atom is -0.313 e. The Kier molecular flexibility index (Phi) is 5.74. The monoisotopic (exact) mass is 276 g/mol. The predicted octanol–water partition coefficient (Wildman–Crippen LogP) is 3.30. The lowest BCUT2D eigenvalue weighted by molar-refractivity contribution is 0.294. The Morgan fingerprint density at radius 3 is 2.95 bits per heavy atom. The summed E-state index contributed by atoms with van der Waals surface area (Å²) in [5.74, 6) is -0.153. The normalized spacial score (nSPS) is 20.6. The molecular weight excluding hydrogens is 251 g/mol. The van der Waals surface area contributed by atoms with Gasteiger partial charge in [-0.25, -0.2) is 4.39 Å². The van der Waals surface area contributed by atoms with Crippen LogP contribution in [0.3, 0.4) is 0 Å². The van der Waals surface area contributed by atoms with E-state index in [0.29, 0.717) is 5.56 Å². The van der Waals surface area contributed by atoms with Gasteiger partial charge in [0.2, 0.25) is 0 Å². The van der Waals surface area contributed by atoms with Crippen LogP contribution in [0.25, 0.3) is 6.08 Å². The van der Waals surface area contributed by atoms with E-state index in [2.05, 4.69) is 17.3 Å². The molecule has 1 fully saturated rings. The molecule has 0 amide bonds. The number of hydrogen-bond acceptors (Lipinski definition) is 2. The van der Waals surface area contributed by atoms with Crippen molar-refractivity contribution < 1.29 is 4.39 Å². The van der Waals surface area contributed by atoms with Crippen LogP contribution >= 0.6 is 0 Å². The van der Waals surface area contributed by atoms with Crippen molar-refractivity contribution in [3.8, 4) is 0 Å². The van der Waals surface area contributed by atoms with Crippen molar-refractivity contribution in [2.24, 2.45) is 0 Å². The third-order valence-corrected chi connectivity index (χ3v) is 4.04. The summed E-state index contributed by atoms with van der Waals surface area (Å²) in [4.78, 5) is 2.45. The van der Waals surface area contributed by atoms with E-state index in [1.54, 1.807) is 6.07 Å². The van der Waals surface area contributed by atoms with E-state index in [0.717, 1.165) is 24.7 Å². The van der Waals surface area contributed by atoms with Gasteiger partial charge in [-0.1, -0.05) is 29.8 Å². The topological polar surface area (TPSA) is 15.3 Å². The molecule has 1 aromatic rings. The van der Waals surface area contributed by atoms with Gasteiger partial charge in [0.25, 0.3) is 0 Å². The molecule has 0 bridgehead atoms. The van der Waals surface area contributed by atoms with Crippen molar-refractivity contribution in [2.75, 3.05) is 26.7 Å². The lowest BCUT2D eigenvalue weighted by Crippen LogP contribution is -2.29. The molecule has 1 heterocycles. The van der Waals surface area contributed by atoms with E-state index < -0.39 is 0 Å². The van der Waals surface area contributed by atoms with Gasteiger partial charge in [-0.05, 0) is 52.4 Å². The van der Waals surface area contributed by atoms with Crippen molar-refractivity contribution in [1.82, 2.24) is 10.2 Å². The van der Waals surface area contributed by atoms with Gasteiger partial charge in [-0.3, -0.25) is 0 Å². The summed E-state index contributed by atoms with van der Waals surface area (Å²) in [6.07, 6.45) is 5.77. The Morgan fingerprint density at radius 1 is 1.45 bits per heavy atom. The number of likely N-dealkylation sites (tertiary alicyclic amines) is 1. The molecule has 3 heteroatoms. The Bertz CT molecular complexity index is 456. The smallest absolute Gasteiger partial charge is 0.130 e. The van der Waals surface area contributed by atoms with Crippen LogP contribution in [0.5, 0.6) is 0 Å². The second-order valence-electron chi connectivity index (χ2n) is 5.75. The molecule has 0 aliphatic carbocycles. The second-order valence-corrected chi connectivity index (χ2v) is 5.75. The van der Waals surface area contributed by atoms with Gasteiger partial charge in [0.1, 0.15) is 5.82 Å². The Hall–Kier alpha value is -1.19. The fourth-order valence-corrected chi connectivity index (χ4v) is 2.81. The fourth-order valence-electron chi connectivity index (χ4n) is 2.81. The molecule has 0 spiro atoms. The largest absolute Gasteiger partial charge is 0.313 e. The summed E-state index contributed by atoms with van der Waals surface area (Å²) < 4.78 is 13.5. The van der Waals surface area contributed by atoms with Crippen molar-refractivity contribution in [3.05, 3.63) is 41.2 Å². The minimum absolute atomic E-state index is 0.153. The number of hydrogen-bond donors (Lipinski definition) is 1. The van der Waals surface area contributed by atoms with E-state index in [9.17, 15) is 4.39 Å². The molecule has 0 saturated carbocycles. The van der Waals surface area contributed by atoms with E-state index in [1.807, 2.05) is 25.1 Å². The van der Waals surface area contributed by atoms with Crippen LogP contribution in [-0.2, 0) is 0 Å². The SMILES string of the molecule is C/C(=C\c1ccccc1F)CNCCC1CCCN1C. The van der Waals surface area contributed by atoms with Gasteiger partial charge in [0.15, 0.2) is 0 Å². The highest BCUT2D eigenvalue weighted by Gasteiger charge is 2.19. The zero-order chi connectivity index (χ0) is 14.4. The first kappa shape index (κ1) is 15.2. The Balaban J connectivity index is 1.72. The van der Waals surface area contributed by atoms with Gasteiger partial charge in [0, 0.05) is 18.2 Å². The number of benzene rings is 1. The van der Waals surface area contributed by atoms with Gasteiger partial charge in [0.05, 0.1) is 0 Å². The molecule has 0 aromatic heterocycles. The van der Waals surface area contributed by atoms with E-state index >= 15 is 0 Å². The zero-order valence-electron chi connectivity index (χ0n) is 12.5. The summed E-state index contributed by atoms with van der Waals surface area (Å²) in [7, 11) is 2.21. The predicted molar refractivity (Wildman–Crippen MR) is 83.2 cm³/mol. The zero-order valence-corrected chi connectivity index (χ0v) is 12.5. The average Bonchev–Trinajstić information content (AvgIpc) is 2.83. The molecule has 1 aliphatic rings. The summed E-state index contributed by atoms with van der Waals surface area (Å²) in [5.41, 5.74) is 1.83. The molecule has 0 radical (unpaired) electrons. The van der Waals surface area contributed by atoms with Crippen LogP contribution in [0.15, 0.2) is 29.8 Å². The van der Waals surface area contributed by atoms with Crippen LogP contribution < -0.4 is 5.32 Å². The first-order valence-corrected chi connectivity index (χ1v) is 7.49. The fraction of sp³-hybridized carbons (Fsp3) is 0.529. The lowest BCUT2D eigenvalue weighted by Gasteiger charge is -2.19. The van der Waals surface area contributed by atoms with Crippen LogP contribution in [0.2, 0.25) is 0 Å². The van der Waals surface area contributed by atoms with Gasteiger partial charge >= 0.3 is 0 Å². The highest BCUT2D eigenvalue weighted by molar-refractivity contribution is 5.53. The van der Waals surface area contributed by atoms with Gasteiger partial charge in [-0.2, -0.15) is 0 Å². The summed E-state index contributed by atoms with van der Waals surface area (Å²) in [6, 6.07) is 7.64. The number of nitrogens with one attached hydrogen (secondary N) is 1. The van der Waals surface area contributed by atoms with Gasteiger partial charge < -0.3 is 10.2 Å². The Labute approximate surface area is 121 Å². The summed E-state index contributed by atoms with van der Waals surface area (Å²) in [6.45, 7) is 5.13. The number of rotatable bonds is 6. The molecule has 1 aromatic carbocycles. The average molecular weight is 276 g/mol. The third kappa shape index (κ3) is 4.43. The lowest BCUT2D eigenvalue weighted by atomic mass is 10.1. The van der Waals surface area contributed by atoms with Crippen molar-refractivity contribution >= 4 is 6.08 Å². The number of nitrogens with zero attached hydrogens (tertiary/aromatic N) is 1. The quantitative estimate of drug-likeness (QED) is 0.802. The van der Waals surface area contributed by atoms with Crippen LogP contribution in [0.1, 0.15) is 31.7 Å². The molecule has 1 aliphatic heterocycles. The van der Waals surface area contributed by atoms with E-state index in [1.165, 1.54) is 31.9 Å². The maximum absolute atomic E-state index is 13.5. The maximum Gasteiger partial charge on any atom is 0.130 e. The first-order valence-electron chi connectivity index (χ1n) is 7.49. The number of halogens is 1. The molecule has 2 nitrogen and oxygen atoms in total. The van der Waals surface area contributed by atoms with Gasteiger partial charge in [-0.15, -0.1) is 0 Å². The third-order valence-electron chi connectivity index (χ3n) is 4.04. The second kappa shape index (κ2) is 7.55. The molecule has 2 rings (SSSR count). The molecule has 1 N–H and O–H groups in total. The molecule has 110 valence electrons. The van der Waals surface area contributed by atoms with Crippen LogP contribution in [-0.4, -0.2) is 37.6 Å². The summed E-state index contributed by atoms with van der Waals surface area (Å²) in [5, 5.41) is 3.45. The Morgan fingerprint density at radius 2 is 2.25 bits per heavy atom. The maximum atomic E-state index is 13.5. The highest BCUT2D eigenvalue weighted by atomic mass is 19.1.